The van der Waals surface area contributed by atoms with Gasteiger partial charge in [0.15, 0.2) is 0 Å². The molecule has 0 saturated heterocycles. The van der Waals surface area contributed by atoms with Gasteiger partial charge in [-0.25, -0.2) is 9.36 Å². The number of benzene rings is 3. The highest BCUT2D eigenvalue weighted by Gasteiger charge is 2.14. The van der Waals surface area contributed by atoms with Crippen molar-refractivity contribution in [2.24, 2.45) is 0 Å². The number of aromatic nitrogens is 3. The van der Waals surface area contributed by atoms with Crippen molar-refractivity contribution in [1.29, 1.82) is 0 Å². The molecule has 2 heterocycles. The summed E-state index contributed by atoms with van der Waals surface area (Å²) in [4.78, 5) is 33.4. The largest absolute Gasteiger partial charge is 0.494 e. The summed E-state index contributed by atoms with van der Waals surface area (Å²) in [6.07, 6.45) is 4.13. The average Bonchev–Trinajstić information content (AvgIpc) is 2.83. The molecule has 0 aliphatic rings. The van der Waals surface area contributed by atoms with Gasteiger partial charge in [-0.1, -0.05) is 48.9 Å². The minimum absolute atomic E-state index is 0.390. The van der Waals surface area contributed by atoms with E-state index in [4.69, 9.17) is 16.3 Å². The molecule has 0 saturated carbocycles. The first-order valence-electron chi connectivity index (χ1n) is 10.6. The number of H-pyrrole nitrogens is 1. The summed E-state index contributed by atoms with van der Waals surface area (Å²) in [5.41, 5.74) is 1.46. The lowest BCUT2D eigenvalue weighted by atomic mass is 10.0. The maximum atomic E-state index is 13.3. The van der Waals surface area contributed by atoms with Crippen LogP contribution in [0.2, 0.25) is 5.02 Å². The van der Waals surface area contributed by atoms with Crippen LogP contribution in [0.25, 0.3) is 38.5 Å². The molecule has 7 heteroatoms. The van der Waals surface area contributed by atoms with Crippen molar-refractivity contribution in [2.45, 2.75) is 13.3 Å². The maximum Gasteiger partial charge on any atom is 0.333 e. The summed E-state index contributed by atoms with van der Waals surface area (Å²) in [6.45, 7) is 2.65. The highest BCUT2D eigenvalue weighted by molar-refractivity contribution is 6.33. The van der Waals surface area contributed by atoms with Crippen molar-refractivity contribution in [3.8, 4) is 22.6 Å². The van der Waals surface area contributed by atoms with Gasteiger partial charge in [-0.15, -0.1) is 0 Å². The van der Waals surface area contributed by atoms with E-state index in [2.05, 4.69) is 9.97 Å². The number of aromatic amines is 1. The molecule has 164 valence electrons. The molecule has 0 bridgehead atoms. The van der Waals surface area contributed by atoms with Gasteiger partial charge in [-0.2, -0.15) is 0 Å². The number of fused-ring (bicyclic) bond motifs is 2. The number of pyridine rings is 1. The van der Waals surface area contributed by atoms with E-state index in [-0.39, 0.29) is 0 Å². The Morgan fingerprint density at radius 2 is 1.85 bits per heavy atom. The van der Waals surface area contributed by atoms with Gasteiger partial charge in [0.25, 0.3) is 5.56 Å². The zero-order chi connectivity index (χ0) is 22.9. The van der Waals surface area contributed by atoms with Crippen LogP contribution in [-0.2, 0) is 0 Å². The number of hydrogen-bond acceptors (Lipinski definition) is 4. The first-order chi connectivity index (χ1) is 16.1. The van der Waals surface area contributed by atoms with E-state index in [1.165, 1.54) is 6.20 Å². The Morgan fingerprint density at radius 3 is 2.70 bits per heavy atom. The lowest BCUT2D eigenvalue weighted by Gasteiger charge is -2.12. The summed E-state index contributed by atoms with van der Waals surface area (Å²) in [7, 11) is 0. The van der Waals surface area contributed by atoms with Crippen LogP contribution in [-0.4, -0.2) is 21.1 Å². The van der Waals surface area contributed by atoms with Gasteiger partial charge in [0.2, 0.25) is 0 Å². The zero-order valence-electron chi connectivity index (χ0n) is 17.8. The fourth-order valence-corrected chi connectivity index (χ4v) is 4.14. The molecule has 5 aromatic rings. The normalized spacial score (nSPS) is 11.2. The predicted molar refractivity (Wildman–Crippen MR) is 132 cm³/mol. The Hall–Kier alpha value is -3.90. The minimum Gasteiger partial charge on any atom is -0.494 e. The molecule has 0 amide bonds. The highest BCUT2D eigenvalue weighted by Crippen LogP contribution is 2.32. The van der Waals surface area contributed by atoms with Crippen molar-refractivity contribution >= 4 is 33.3 Å². The van der Waals surface area contributed by atoms with Crippen LogP contribution < -0.4 is 16.0 Å². The molecule has 0 aliphatic heterocycles. The standard InChI is InChI=1S/C26H20ClN3O3/c1-2-11-33-18-8-10-22(27)21(13-18)16-7-9-20-23(12-16)29-26(32)30(25(20)31)24-15-28-14-17-5-3-4-6-19(17)24/h3-10,12-15H,2,11H2,1H3,(H,29,32). The highest BCUT2D eigenvalue weighted by atomic mass is 35.5. The topological polar surface area (TPSA) is 77.0 Å². The van der Waals surface area contributed by atoms with Gasteiger partial charge in [0.05, 0.1) is 29.4 Å². The summed E-state index contributed by atoms with van der Waals surface area (Å²) < 4.78 is 6.85. The van der Waals surface area contributed by atoms with Crippen molar-refractivity contribution in [1.82, 2.24) is 14.5 Å². The second kappa shape index (κ2) is 8.56. The molecule has 0 aliphatic carbocycles. The summed E-state index contributed by atoms with van der Waals surface area (Å²) in [5, 5.41) is 2.56. The van der Waals surface area contributed by atoms with Crippen LogP contribution in [0, 0.1) is 0 Å². The molecule has 3 aromatic carbocycles. The van der Waals surface area contributed by atoms with Crippen LogP contribution in [0.15, 0.2) is 82.6 Å². The van der Waals surface area contributed by atoms with Gasteiger partial charge < -0.3 is 9.72 Å². The third kappa shape index (κ3) is 3.79. The van der Waals surface area contributed by atoms with Crippen LogP contribution in [0.4, 0.5) is 0 Å². The van der Waals surface area contributed by atoms with Crippen LogP contribution >= 0.6 is 11.6 Å². The van der Waals surface area contributed by atoms with Gasteiger partial charge in [-0.3, -0.25) is 9.78 Å². The number of nitrogens with zero attached hydrogens (tertiary/aromatic N) is 2. The van der Waals surface area contributed by atoms with E-state index in [1.807, 2.05) is 49.4 Å². The number of rotatable bonds is 5. The number of hydrogen-bond donors (Lipinski definition) is 1. The van der Waals surface area contributed by atoms with Crippen molar-refractivity contribution in [2.75, 3.05) is 6.61 Å². The van der Waals surface area contributed by atoms with Gasteiger partial charge >= 0.3 is 5.69 Å². The van der Waals surface area contributed by atoms with Gasteiger partial charge in [-0.05, 0) is 42.3 Å². The molecule has 6 nitrogen and oxygen atoms in total. The second-order valence-corrected chi connectivity index (χ2v) is 8.11. The fourth-order valence-electron chi connectivity index (χ4n) is 3.92. The molecule has 0 radical (unpaired) electrons. The Morgan fingerprint density at radius 1 is 1.00 bits per heavy atom. The molecular formula is C26H20ClN3O3. The first-order valence-corrected chi connectivity index (χ1v) is 11.0. The molecule has 1 N–H and O–H groups in total. The van der Waals surface area contributed by atoms with Crippen LogP contribution in [0.5, 0.6) is 5.75 Å². The molecule has 5 rings (SSSR count). The lowest BCUT2D eigenvalue weighted by molar-refractivity contribution is 0.317. The minimum atomic E-state index is -0.533. The number of nitrogens with one attached hydrogen (secondary N) is 1. The molecule has 0 fully saturated rings. The lowest BCUT2D eigenvalue weighted by Crippen LogP contribution is -2.33. The Labute approximate surface area is 194 Å². The van der Waals surface area contributed by atoms with Crippen LogP contribution in [0.3, 0.4) is 0 Å². The summed E-state index contributed by atoms with van der Waals surface area (Å²) in [6, 6.07) is 18.2. The monoisotopic (exact) mass is 457 g/mol. The molecule has 0 atom stereocenters. The zero-order valence-corrected chi connectivity index (χ0v) is 18.6. The van der Waals surface area contributed by atoms with E-state index in [0.29, 0.717) is 34.0 Å². The predicted octanol–water partition coefficient (Wildman–Crippen LogP) is 5.34. The van der Waals surface area contributed by atoms with E-state index < -0.39 is 11.2 Å². The van der Waals surface area contributed by atoms with Crippen LogP contribution in [0.1, 0.15) is 13.3 Å². The summed E-state index contributed by atoms with van der Waals surface area (Å²) in [5.74, 6) is 0.712. The molecule has 0 unspecified atom stereocenters. The van der Waals surface area contributed by atoms with Gasteiger partial charge in [0.1, 0.15) is 5.75 Å². The van der Waals surface area contributed by atoms with Crippen molar-refractivity contribution in [3.05, 3.63) is 98.9 Å². The third-order valence-corrected chi connectivity index (χ3v) is 5.84. The average molecular weight is 458 g/mol. The summed E-state index contributed by atoms with van der Waals surface area (Å²) >= 11 is 6.44. The quantitative estimate of drug-likeness (QED) is 0.386. The fraction of sp³-hybridized carbons (Fsp3) is 0.115. The smallest absolute Gasteiger partial charge is 0.333 e. The first kappa shape index (κ1) is 21.0. The van der Waals surface area contributed by atoms with E-state index in [0.717, 1.165) is 32.9 Å². The molecule has 2 aromatic heterocycles. The van der Waals surface area contributed by atoms with E-state index >= 15 is 0 Å². The Kier molecular flexibility index (Phi) is 5.44. The molecule has 0 spiro atoms. The molecular weight excluding hydrogens is 438 g/mol. The van der Waals surface area contributed by atoms with Crippen molar-refractivity contribution in [3.63, 3.8) is 0 Å². The maximum absolute atomic E-state index is 13.3. The van der Waals surface area contributed by atoms with Crippen molar-refractivity contribution < 1.29 is 4.74 Å². The molecule has 33 heavy (non-hydrogen) atoms. The number of halogens is 1. The Bertz CT molecular complexity index is 1620. The van der Waals surface area contributed by atoms with E-state index in [1.54, 1.807) is 24.4 Å². The van der Waals surface area contributed by atoms with E-state index in [9.17, 15) is 9.59 Å². The SMILES string of the molecule is CCCOc1ccc(Cl)c(-c2ccc3c(=O)n(-c4cncc5ccccc45)c(=O)[nH]c3c2)c1. The second-order valence-electron chi connectivity index (χ2n) is 7.70. The Balaban J connectivity index is 1.67. The third-order valence-electron chi connectivity index (χ3n) is 5.51. The number of ether oxygens (including phenoxy) is 1. The van der Waals surface area contributed by atoms with Gasteiger partial charge in [0, 0.05) is 27.6 Å².